The van der Waals surface area contributed by atoms with E-state index in [1.807, 2.05) is 19.1 Å². The summed E-state index contributed by atoms with van der Waals surface area (Å²) in [6.07, 6.45) is 2.56. The molecule has 2 N–H and O–H groups in total. The maximum atomic E-state index is 12.0. The molecule has 1 unspecified atom stereocenters. The van der Waals surface area contributed by atoms with E-state index >= 15 is 0 Å². The molecule has 2 aromatic rings. The summed E-state index contributed by atoms with van der Waals surface area (Å²) in [7, 11) is 0. The molecule has 0 radical (unpaired) electrons. The van der Waals surface area contributed by atoms with Crippen LogP contribution < -0.4 is 5.32 Å². The number of carboxylic acids is 1. The number of rotatable bonds is 6. The first-order valence-corrected chi connectivity index (χ1v) is 7.51. The number of nitrogens with zero attached hydrogens (tertiary/aromatic N) is 2. The van der Waals surface area contributed by atoms with E-state index in [0.717, 1.165) is 5.56 Å². The summed E-state index contributed by atoms with van der Waals surface area (Å²) in [5.74, 6) is -0.807. The summed E-state index contributed by atoms with van der Waals surface area (Å²) in [4.78, 5) is 22.8. The number of hydrogen-bond acceptors (Lipinski definition) is 3. The summed E-state index contributed by atoms with van der Waals surface area (Å²) in [6, 6.07) is 8.02. The second kappa shape index (κ2) is 7.09. The molecular formula is C17H21N3O3. The molecule has 1 aromatic carbocycles. The maximum absolute atomic E-state index is 12.0. The standard InChI is InChI=1S/C17H21N3O3/c1-11(2)13-4-6-14(7-5-13)12(3)19-16(21)10-20-9-15(8-18-20)17(22)23/h4-9,11-12H,10H2,1-3H3,(H,19,21)(H,22,23). The Bertz CT molecular complexity index is 689. The molecule has 0 saturated carbocycles. The molecule has 0 saturated heterocycles. The molecule has 6 nitrogen and oxygen atoms in total. The number of carbonyl (C=O) groups is 2. The Balaban J connectivity index is 1.94. The van der Waals surface area contributed by atoms with Crippen LogP contribution >= 0.6 is 0 Å². The van der Waals surface area contributed by atoms with Gasteiger partial charge in [0.15, 0.2) is 0 Å². The molecule has 1 heterocycles. The van der Waals surface area contributed by atoms with Crippen LogP contribution in [0.3, 0.4) is 0 Å². The van der Waals surface area contributed by atoms with Gasteiger partial charge in [0.1, 0.15) is 6.54 Å². The van der Waals surface area contributed by atoms with Gasteiger partial charge in [0.25, 0.3) is 0 Å². The second-order valence-electron chi connectivity index (χ2n) is 5.84. The fourth-order valence-electron chi connectivity index (χ4n) is 2.25. The van der Waals surface area contributed by atoms with Crippen LogP contribution in [0, 0.1) is 0 Å². The summed E-state index contributed by atoms with van der Waals surface area (Å²) < 4.78 is 1.31. The van der Waals surface area contributed by atoms with Gasteiger partial charge >= 0.3 is 5.97 Å². The Morgan fingerprint density at radius 2 is 1.78 bits per heavy atom. The maximum Gasteiger partial charge on any atom is 0.338 e. The van der Waals surface area contributed by atoms with Gasteiger partial charge in [-0.25, -0.2) is 4.79 Å². The molecule has 0 spiro atoms. The van der Waals surface area contributed by atoms with Gasteiger partial charge in [0, 0.05) is 6.20 Å². The van der Waals surface area contributed by atoms with Crippen molar-refractivity contribution in [1.82, 2.24) is 15.1 Å². The van der Waals surface area contributed by atoms with Crippen LogP contribution in [0.1, 0.15) is 54.2 Å². The zero-order valence-corrected chi connectivity index (χ0v) is 13.5. The number of aromatic carboxylic acids is 1. The van der Waals surface area contributed by atoms with Gasteiger partial charge in [-0.1, -0.05) is 38.1 Å². The van der Waals surface area contributed by atoms with E-state index in [0.29, 0.717) is 5.92 Å². The summed E-state index contributed by atoms with van der Waals surface area (Å²) in [5.41, 5.74) is 2.34. The van der Waals surface area contributed by atoms with E-state index in [4.69, 9.17) is 5.11 Å². The number of carboxylic acid groups (broad SMARTS) is 1. The van der Waals surface area contributed by atoms with Crippen LogP contribution in [-0.4, -0.2) is 26.8 Å². The minimum Gasteiger partial charge on any atom is -0.478 e. The first-order chi connectivity index (χ1) is 10.9. The molecule has 23 heavy (non-hydrogen) atoms. The third-order valence-electron chi connectivity index (χ3n) is 3.67. The lowest BCUT2D eigenvalue weighted by Crippen LogP contribution is -2.30. The summed E-state index contributed by atoms with van der Waals surface area (Å²) >= 11 is 0. The number of nitrogens with one attached hydrogen (secondary N) is 1. The highest BCUT2D eigenvalue weighted by Crippen LogP contribution is 2.18. The Hall–Kier alpha value is -2.63. The first-order valence-electron chi connectivity index (χ1n) is 7.51. The minimum absolute atomic E-state index is 0.0122. The summed E-state index contributed by atoms with van der Waals surface area (Å²) in [6.45, 7) is 6.17. The van der Waals surface area contributed by atoms with Gasteiger partial charge in [-0.05, 0) is 24.0 Å². The quantitative estimate of drug-likeness (QED) is 0.858. The van der Waals surface area contributed by atoms with Crippen molar-refractivity contribution >= 4 is 11.9 Å². The van der Waals surface area contributed by atoms with Crippen molar-refractivity contribution < 1.29 is 14.7 Å². The molecule has 0 fully saturated rings. The molecular weight excluding hydrogens is 294 g/mol. The fourth-order valence-corrected chi connectivity index (χ4v) is 2.25. The van der Waals surface area contributed by atoms with Crippen molar-refractivity contribution in [2.75, 3.05) is 0 Å². The molecule has 1 amide bonds. The highest BCUT2D eigenvalue weighted by molar-refractivity contribution is 5.87. The Morgan fingerprint density at radius 3 is 2.30 bits per heavy atom. The van der Waals surface area contributed by atoms with Crippen molar-refractivity contribution in [3.63, 3.8) is 0 Å². The highest BCUT2D eigenvalue weighted by Gasteiger charge is 2.12. The van der Waals surface area contributed by atoms with Crippen LogP contribution in [0.15, 0.2) is 36.7 Å². The van der Waals surface area contributed by atoms with E-state index in [1.165, 1.54) is 22.6 Å². The van der Waals surface area contributed by atoms with Crippen LogP contribution in [0.4, 0.5) is 0 Å². The van der Waals surface area contributed by atoms with Crippen LogP contribution in [0.25, 0.3) is 0 Å². The molecule has 2 rings (SSSR count). The average Bonchev–Trinajstić information content (AvgIpc) is 2.95. The van der Waals surface area contributed by atoms with E-state index in [-0.39, 0.29) is 24.1 Å². The first kappa shape index (κ1) is 16.7. The topological polar surface area (TPSA) is 84.2 Å². The van der Waals surface area contributed by atoms with Gasteiger partial charge in [-0.15, -0.1) is 0 Å². The number of aromatic nitrogens is 2. The molecule has 1 atom stereocenters. The van der Waals surface area contributed by atoms with Crippen LogP contribution in [-0.2, 0) is 11.3 Å². The smallest absolute Gasteiger partial charge is 0.338 e. The van der Waals surface area contributed by atoms with E-state index in [2.05, 4.69) is 36.4 Å². The largest absolute Gasteiger partial charge is 0.478 e. The Labute approximate surface area is 135 Å². The molecule has 1 aromatic heterocycles. The Kier molecular flexibility index (Phi) is 5.16. The van der Waals surface area contributed by atoms with E-state index in [9.17, 15) is 9.59 Å². The normalized spacial score (nSPS) is 12.2. The molecule has 0 aliphatic carbocycles. The number of benzene rings is 1. The lowest BCUT2D eigenvalue weighted by molar-refractivity contribution is -0.122. The zero-order valence-electron chi connectivity index (χ0n) is 13.5. The molecule has 0 bridgehead atoms. The van der Waals surface area contributed by atoms with Gasteiger partial charge < -0.3 is 10.4 Å². The molecule has 0 aliphatic heterocycles. The number of carbonyl (C=O) groups excluding carboxylic acids is 1. The van der Waals surface area contributed by atoms with Crippen molar-refractivity contribution in [2.24, 2.45) is 0 Å². The van der Waals surface area contributed by atoms with E-state index in [1.54, 1.807) is 0 Å². The van der Waals surface area contributed by atoms with Crippen molar-refractivity contribution in [3.8, 4) is 0 Å². The lowest BCUT2D eigenvalue weighted by Gasteiger charge is -2.15. The predicted octanol–water partition coefficient (Wildman–Crippen LogP) is 2.58. The van der Waals surface area contributed by atoms with E-state index < -0.39 is 5.97 Å². The van der Waals surface area contributed by atoms with Crippen molar-refractivity contribution in [1.29, 1.82) is 0 Å². The fraction of sp³-hybridized carbons (Fsp3) is 0.353. The lowest BCUT2D eigenvalue weighted by atomic mass is 9.99. The zero-order chi connectivity index (χ0) is 17.0. The van der Waals surface area contributed by atoms with Gasteiger partial charge in [0.2, 0.25) is 5.91 Å². The highest BCUT2D eigenvalue weighted by atomic mass is 16.4. The molecule has 122 valence electrons. The van der Waals surface area contributed by atoms with Gasteiger partial charge in [-0.2, -0.15) is 5.10 Å². The molecule has 6 heteroatoms. The minimum atomic E-state index is -1.06. The van der Waals surface area contributed by atoms with Crippen molar-refractivity contribution in [3.05, 3.63) is 53.3 Å². The van der Waals surface area contributed by atoms with Gasteiger partial charge in [0.05, 0.1) is 17.8 Å². The van der Waals surface area contributed by atoms with Crippen molar-refractivity contribution in [2.45, 2.75) is 39.3 Å². The third kappa shape index (κ3) is 4.42. The average molecular weight is 315 g/mol. The number of hydrogen-bond donors (Lipinski definition) is 2. The predicted molar refractivity (Wildman–Crippen MR) is 86.3 cm³/mol. The van der Waals surface area contributed by atoms with Crippen LogP contribution in [0.2, 0.25) is 0 Å². The monoisotopic (exact) mass is 315 g/mol. The van der Waals surface area contributed by atoms with Gasteiger partial charge in [-0.3, -0.25) is 9.48 Å². The Morgan fingerprint density at radius 1 is 1.17 bits per heavy atom. The third-order valence-corrected chi connectivity index (χ3v) is 3.67. The molecule has 0 aliphatic rings. The number of amides is 1. The summed E-state index contributed by atoms with van der Waals surface area (Å²) in [5, 5.41) is 15.6. The SMILES string of the molecule is CC(C)c1ccc(C(C)NC(=O)Cn2cc(C(=O)O)cn2)cc1. The van der Waals surface area contributed by atoms with Crippen LogP contribution in [0.5, 0.6) is 0 Å². The second-order valence-corrected chi connectivity index (χ2v) is 5.84.